The van der Waals surface area contributed by atoms with Gasteiger partial charge in [0.1, 0.15) is 5.82 Å². The Bertz CT molecular complexity index is 1080. The number of pyridine rings is 1. The van der Waals surface area contributed by atoms with E-state index in [-0.39, 0.29) is 11.5 Å². The summed E-state index contributed by atoms with van der Waals surface area (Å²) < 4.78 is 0. The third-order valence-electron chi connectivity index (χ3n) is 5.07. The summed E-state index contributed by atoms with van der Waals surface area (Å²) in [5, 5.41) is 13.6. The van der Waals surface area contributed by atoms with Gasteiger partial charge in [-0.05, 0) is 67.8 Å². The number of halogens is 1. The number of piperidine rings is 1. The molecule has 0 atom stereocenters. The zero-order valence-electron chi connectivity index (χ0n) is 15.7. The van der Waals surface area contributed by atoms with Crippen LogP contribution in [0.3, 0.4) is 0 Å². The van der Waals surface area contributed by atoms with Crippen LogP contribution in [0.2, 0.25) is 5.02 Å². The average molecular weight is 410 g/mol. The summed E-state index contributed by atoms with van der Waals surface area (Å²) in [6, 6.07) is 13.3. The summed E-state index contributed by atoms with van der Waals surface area (Å²) >= 11 is 5.86. The van der Waals surface area contributed by atoms with Gasteiger partial charge in [-0.15, -0.1) is 0 Å². The molecule has 1 saturated heterocycles. The van der Waals surface area contributed by atoms with Gasteiger partial charge < -0.3 is 15.3 Å². The van der Waals surface area contributed by atoms with Gasteiger partial charge in [0.05, 0.1) is 11.1 Å². The summed E-state index contributed by atoms with van der Waals surface area (Å²) in [5.41, 5.74) is 1.74. The number of aromatic nitrogens is 1. The van der Waals surface area contributed by atoms with E-state index in [1.807, 2.05) is 0 Å². The third-order valence-corrected chi connectivity index (χ3v) is 5.32. The number of anilines is 2. The fourth-order valence-electron chi connectivity index (χ4n) is 3.56. The molecule has 0 unspecified atom stereocenters. The zero-order chi connectivity index (χ0) is 20.4. The maximum Gasteiger partial charge on any atom is 0.336 e. The first-order valence-electron chi connectivity index (χ1n) is 9.51. The van der Waals surface area contributed by atoms with Crippen LogP contribution >= 0.6 is 11.6 Å². The van der Waals surface area contributed by atoms with Crippen molar-refractivity contribution in [3.8, 4) is 0 Å². The molecule has 2 N–H and O–H groups in total. The van der Waals surface area contributed by atoms with Crippen molar-refractivity contribution in [3.05, 3.63) is 64.7 Å². The maximum atomic E-state index is 12.4. The Labute approximate surface area is 173 Å². The Balaban J connectivity index is 1.67. The highest BCUT2D eigenvalue weighted by Crippen LogP contribution is 2.27. The molecule has 2 aromatic carbocycles. The second kappa shape index (κ2) is 8.09. The molecule has 1 fully saturated rings. The molecule has 0 saturated carbocycles. The minimum Gasteiger partial charge on any atom is -0.478 e. The molecule has 1 aromatic heterocycles. The van der Waals surface area contributed by atoms with E-state index in [0.717, 1.165) is 25.9 Å². The third kappa shape index (κ3) is 4.17. The minimum atomic E-state index is -1.02. The second-order valence-corrected chi connectivity index (χ2v) is 7.51. The van der Waals surface area contributed by atoms with Gasteiger partial charge in [-0.25, -0.2) is 9.78 Å². The molecule has 1 amide bonds. The topological polar surface area (TPSA) is 82.5 Å². The highest BCUT2D eigenvalue weighted by Gasteiger charge is 2.18. The van der Waals surface area contributed by atoms with Crippen LogP contribution in [0.15, 0.2) is 48.5 Å². The highest BCUT2D eigenvalue weighted by atomic mass is 35.5. The van der Waals surface area contributed by atoms with E-state index < -0.39 is 5.97 Å². The Morgan fingerprint density at radius 2 is 1.72 bits per heavy atom. The van der Waals surface area contributed by atoms with Gasteiger partial charge in [-0.3, -0.25) is 4.79 Å². The van der Waals surface area contributed by atoms with Crippen molar-refractivity contribution >= 4 is 45.9 Å². The van der Waals surface area contributed by atoms with E-state index in [1.54, 1.807) is 48.5 Å². The number of nitrogens with one attached hydrogen (secondary N) is 1. The average Bonchev–Trinajstić information content (AvgIpc) is 2.74. The first-order valence-corrected chi connectivity index (χ1v) is 9.89. The van der Waals surface area contributed by atoms with E-state index in [2.05, 4.69) is 15.2 Å². The van der Waals surface area contributed by atoms with Crippen molar-refractivity contribution in [2.75, 3.05) is 23.3 Å². The summed E-state index contributed by atoms with van der Waals surface area (Å²) in [7, 11) is 0. The van der Waals surface area contributed by atoms with Crippen LogP contribution in [0, 0.1) is 0 Å². The van der Waals surface area contributed by atoms with Crippen molar-refractivity contribution in [2.45, 2.75) is 19.3 Å². The van der Waals surface area contributed by atoms with Gasteiger partial charge in [0.25, 0.3) is 5.91 Å². The number of hydrogen-bond donors (Lipinski definition) is 2. The molecule has 148 valence electrons. The fraction of sp³-hybridized carbons (Fsp3) is 0.227. The molecular weight excluding hydrogens is 390 g/mol. The Kier molecular flexibility index (Phi) is 5.36. The van der Waals surface area contributed by atoms with Crippen molar-refractivity contribution in [3.63, 3.8) is 0 Å². The van der Waals surface area contributed by atoms with Crippen molar-refractivity contribution < 1.29 is 14.7 Å². The smallest absolute Gasteiger partial charge is 0.336 e. The van der Waals surface area contributed by atoms with Gasteiger partial charge >= 0.3 is 5.97 Å². The molecule has 4 rings (SSSR count). The predicted molar refractivity (Wildman–Crippen MR) is 114 cm³/mol. The van der Waals surface area contributed by atoms with Crippen LogP contribution < -0.4 is 10.2 Å². The lowest BCUT2D eigenvalue weighted by Gasteiger charge is -2.28. The number of carbonyl (C=O) groups is 2. The van der Waals surface area contributed by atoms with E-state index in [0.29, 0.717) is 33.0 Å². The molecule has 2 heterocycles. The van der Waals surface area contributed by atoms with E-state index in [9.17, 15) is 14.7 Å². The van der Waals surface area contributed by atoms with Gasteiger partial charge in [0.2, 0.25) is 0 Å². The molecule has 0 bridgehead atoms. The van der Waals surface area contributed by atoms with Crippen LogP contribution in [0.5, 0.6) is 0 Å². The lowest BCUT2D eigenvalue weighted by molar-refractivity contribution is 0.0698. The number of carboxylic acids is 1. The zero-order valence-corrected chi connectivity index (χ0v) is 16.4. The van der Waals surface area contributed by atoms with Gasteiger partial charge in [-0.2, -0.15) is 0 Å². The van der Waals surface area contributed by atoms with Crippen LogP contribution in [-0.4, -0.2) is 35.1 Å². The van der Waals surface area contributed by atoms with E-state index >= 15 is 0 Å². The number of nitrogens with zero attached hydrogens (tertiary/aromatic N) is 2. The summed E-state index contributed by atoms with van der Waals surface area (Å²) in [6.45, 7) is 1.76. The van der Waals surface area contributed by atoms with Crippen LogP contribution in [0.4, 0.5) is 11.5 Å². The summed E-state index contributed by atoms with van der Waals surface area (Å²) in [4.78, 5) is 31.1. The van der Waals surface area contributed by atoms with E-state index in [1.165, 1.54) is 6.42 Å². The van der Waals surface area contributed by atoms with Gasteiger partial charge in [0.15, 0.2) is 0 Å². The number of amides is 1. The molecule has 1 aliphatic heterocycles. The standard InChI is InChI=1S/C22H20ClN3O3/c23-15-6-4-14(5-7-15)21(27)24-16-8-9-19-17(12-16)18(22(28)29)13-20(25-19)26-10-2-1-3-11-26/h4-9,12-13H,1-3,10-11H2,(H,24,27)(H,28,29). The summed E-state index contributed by atoms with van der Waals surface area (Å²) in [6.07, 6.45) is 3.35. The Hall–Kier alpha value is -3.12. The Morgan fingerprint density at radius 3 is 2.41 bits per heavy atom. The van der Waals surface area contributed by atoms with E-state index in [4.69, 9.17) is 11.6 Å². The monoisotopic (exact) mass is 409 g/mol. The molecule has 29 heavy (non-hydrogen) atoms. The van der Waals surface area contributed by atoms with Crippen LogP contribution in [-0.2, 0) is 0 Å². The van der Waals surface area contributed by atoms with Crippen LogP contribution in [0.25, 0.3) is 10.9 Å². The van der Waals surface area contributed by atoms with Crippen molar-refractivity contribution in [1.29, 1.82) is 0 Å². The molecule has 0 aliphatic carbocycles. The first-order chi connectivity index (χ1) is 14.0. The molecule has 1 aliphatic rings. The summed E-state index contributed by atoms with van der Waals surface area (Å²) in [5.74, 6) is -0.625. The fourth-order valence-corrected chi connectivity index (χ4v) is 3.68. The number of carboxylic acid groups (broad SMARTS) is 1. The van der Waals surface area contributed by atoms with Gasteiger partial charge in [-0.1, -0.05) is 11.6 Å². The quantitative estimate of drug-likeness (QED) is 0.645. The number of carbonyl (C=O) groups excluding carboxylic acids is 1. The normalized spacial score (nSPS) is 14.0. The predicted octanol–water partition coefficient (Wildman–Crippen LogP) is 4.83. The lowest BCUT2D eigenvalue weighted by atomic mass is 10.1. The van der Waals surface area contributed by atoms with Gasteiger partial charge in [0, 0.05) is 34.7 Å². The number of aromatic carboxylic acids is 1. The first kappa shape index (κ1) is 19.2. The maximum absolute atomic E-state index is 12.4. The molecule has 0 spiro atoms. The number of hydrogen-bond acceptors (Lipinski definition) is 4. The molecule has 6 nitrogen and oxygen atoms in total. The second-order valence-electron chi connectivity index (χ2n) is 7.07. The molecular formula is C22H20ClN3O3. The Morgan fingerprint density at radius 1 is 1.00 bits per heavy atom. The molecule has 0 radical (unpaired) electrons. The van der Waals surface area contributed by atoms with Crippen molar-refractivity contribution in [2.24, 2.45) is 0 Å². The lowest BCUT2D eigenvalue weighted by Crippen LogP contribution is -2.30. The van der Waals surface area contributed by atoms with Crippen molar-refractivity contribution in [1.82, 2.24) is 4.98 Å². The molecule has 7 heteroatoms. The molecule has 3 aromatic rings. The number of benzene rings is 2. The minimum absolute atomic E-state index is 0.179. The number of fused-ring (bicyclic) bond motifs is 1. The SMILES string of the molecule is O=C(Nc1ccc2nc(N3CCCCC3)cc(C(=O)O)c2c1)c1ccc(Cl)cc1. The largest absolute Gasteiger partial charge is 0.478 e. The highest BCUT2D eigenvalue weighted by molar-refractivity contribution is 6.30. The van der Waals surface area contributed by atoms with Crippen LogP contribution in [0.1, 0.15) is 40.0 Å². The number of rotatable bonds is 4.